The molecule has 3 N–H and O–H groups in total. The third kappa shape index (κ3) is 3.57. The zero-order valence-corrected chi connectivity index (χ0v) is 12.3. The summed E-state index contributed by atoms with van der Waals surface area (Å²) in [6.07, 6.45) is 6.99. The Kier molecular flexibility index (Phi) is 4.46. The number of hydrogen-bond acceptors (Lipinski definition) is 4. The van der Waals surface area contributed by atoms with Gasteiger partial charge in [-0.2, -0.15) is 0 Å². The van der Waals surface area contributed by atoms with E-state index >= 15 is 0 Å². The second-order valence-corrected chi connectivity index (χ2v) is 6.03. The highest BCUT2D eigenvalue weighted by Gasteiger charge is 2.21. The zero-order chi connectivity index (χ0) is 14.7. The van der Waals surface area contributed by atoms with E-state index in [1.807, 2.05) is 12.1 Å². The first kappa shape index (κ1) is 14.4. The molecule has 1 fully saturated rings. The van der Waals surface area contributed by atoms with Crippen LogP contribution in [-0.4, -0.2) is 24.4 Å². The maximum atomic E-state index is 9.96. The summed E-state index contributed by atoms with van der Waals surface area (Å²) < 4.78 is 11.0. The lowest BCUT2D eigenvalue weighted by molar-refractivity contribution is 0.123. The molecule has 0 radical (unpaired) electrons. The Bertz CT molecular complexity index is 593. The molecule has 0 amide bonds. The minimum atomic E-state index is 0.280. The first-order valence-electron chi connectivity index (χ1n) is 7.75. The summed E-state index contributed by atoms with van der Waals surface area (Å²) in [4.78, 5) is 0. The Morgan fingerprint density at radius 1 is 1.29 bits per heavy atom. The van der Waals surface area contributed by atoms with E-state index < -0.39 is 0 Å². The third-order valence-corrected chi connectivity index (χ3v) is 4.42. The number of rotatable bonds is 6. The maximum absolute atomic E-state index is 9.96. The number of nitrogens with two attached hydrogens (primary N) is 1. The minimum Gasteiger partial charge on any atom is -0.508 e. The van der Waals surface area contributed by atoms with Crippen LogP contribution in [0.5, 0.6) is 5.75 Å². The van der Waals surface area contributed by atoms with Crippen LogP contribution in [0, 0.1) is 5.92 Å². The summed E-state index contributed by atoms with van der Waals surface area (Å²) in [7, 11) is 0. The third-order valence-electron chi connectivity index (χ3n) is 4.42. The largest absolute Gasteiger partial charge is 0.508 e. The zero-order valence-electron chi connectivity index (χ0n) is 12.3. The van der Waals surface area contributed by atoms with Crippen LogP contribution in [0.3, 0.4) is 0 Å². The lowest BCUT2D eigenvalue weighted by Gasteiger charge is -2.10. The van der Waals surface area contributed by atoms with Crippen LogP contribution < -0.4 is 5.73 Å². The van der Waals surface area contributed by atoms with Gasteiger partial charge in [-0.15, -0.1) is 0 Å². The van der Waals surface area contributed by atoms with Gasteiger partial charge in [0.15, 0.2) is 0 Å². The molecule has 0 spiro atoms. The number of hydrogen-bond donors (Lipinski definition) is 2. The van der Waals surface area contributed by atoms with Crippen molar-refractivity contribution < 1.29 is 14.3 Å². The van der Waals surface area contributed by atoms with Crippen molar-refractivity contribution in [2.24, 2.45) is 11.7 Å². The van der Waals surface area contributed by atoms with Gasteiger partial charge in [-0.1, -0.05) is 0 Å². The molecule has 2 atom stereocenters. The topological polar surface area (TPSA) is 68.6 Å². The van der Waals surface area contributed by atoms with Crippen molar-refractivity contribution in [3.8, 4) is 5.75 Å². The van der Waals surface area contributed by atoms with Crippen molar-refractivity contribution in [1.29, 1.82) is 0 Å². The highest BCUT2D eigenvalue weighted by atomic mass is 16.5. The summed E-state index contributed by atoms with van der Waals surface area (Å²) in [5.74, 6) is 1.01. The highest BCUT2D eigenvalue weighted by Crippen LogP contribution is 2.27. The van der Waals surface area contributed by atoms with Gasteiger partial charge in [0.1, 0.15) is 11.3 Å². The van der Waals surface area contributed by atoms with E-state index in [2.05, 4.69) is 0 Å². The Morgan fingerprint density at radius 2 is 2.19 bits per heavy atom. The van der Waals surface area contributed by atoms with Crippen molar-refractivity contribution in [2.75, 3.05) is 13.2 Å². The average molecular weight is 289 g/mol. The number of benzene rings is 1. The Balaban J connectivity index is 1.43. The Labute approximate surface area is 124 Å². The smallest absolute Gasteiger partial charge is 0.137 e. The van der Waals surface area contributed by atoms with Crippen molar-refractivity contribution in [2.45, 2.75) is 38.1 Å². The van der Waals surface area contributed by atoms with Gasteiger partial charge in [-0.25, -0.2) is 0 Å². The van der Waals surface area contributed by atoms with Crippen molar-refractivity contribution >= 4 is 11.0 Å². The number of ether oxygens (including phenoxy) is 1. The van der Waals surface area contributed by atoms with Gasteiger partial charge in [-0.3, -0.25) is 0 Å². The monoisotopic (exact) mass is 289 g/mol. The van der Waals surface area contributed by atoms with Crippen LogP contribution in [0.4, 0.5) is 0 Å². The van der Waals surface area contributed by atoms with Gasteiger partial charge in [0.05, 0.1) is 12.9 Å². The number of furan rings is 1. The second kappa shape index (κ2) is 6.50. The van der Waals surface area contributed by atoms with Gasteiger partial charge in [0.25, 0.3) is 0 Å². The van der Waals surface area contributed by atoms with Crippen LogP contribution in [-0.2, 0) is 11.2 Å². The predicted molar refractivity (Wildman–Crippen MR) is 82.3 cm³/mol. The summed E-state index contributed by atoms with van der Waals surface area (Å²) in [5.41, 5.74) is 7.53. The van der Waals surface area contributed by atoms with E-state index in [1.54, 1.807) is 12.3 Å². The van der Waals surface area contributed by atoms with Gasteiger partial charge in [0, 0.05) is 24.1 Å². The molecular formula is C17H23NO3. The molecule has 2 aromatic rings. The standard InChI is InChI=1S/C17H23NO3/c18-15-2-1-12(9-15)3-6-20-7-4-13-10-14-5-8-21-17(14)11-16(13)19/h5,8,10-12,15,19H,1-4,6-7,9,18H2. The molecule has 114 valence electrons. The van der Waals surface area contributed by atoms with Crippen LogP contribution in [0.25, 0.3) is 11.0 Å². The second-order valence-electron chi connectivity index (χ2n) is 6.03. The molecule has 2 unspecified atom stereocenters. The molecule has 1 saturated carbocycles. The molecule has 21 heavy (non-hydrogen) atoms. The summed E-state index contributed by atoms with van der Waals surface area (Å²) in [6.45, 7) is 1.42. The van der Waals surface area contributed by atoms with Crippen molar-refractivity contribution in [3.63, 3.8) is 0 Å². The normalized spacial score (nSPS) is 22.1. The predicted octanol–water partition coefficient (Wildman–Crippen LogP) is 3.22. The van der Waals surface area contributed by atoms with Crippen molar-refractivity contribution in [1.82, 2.24) is 0 Å². The fraction of sp³-hybridized carbons (Fsp3) is 0.529. The molecule has 1 aromatic heterocycles. The number of fused-ring (bicyclic) bond motifs is 1. The minimum absolute atomic E-state index is 0.280. The van der Waals surface area contributed by atoms with Crippen LogP contribution in [0.1, 0.15) is 31.2 Å². The number of phenolic OH excluding ortho intramolecular Hbond substituents is 1. The molecule has 1 aliphatic carbocycles. The summed E-state index contributed by atoms with van der Waals surface area (Å²) >= 11 is 0. The lowest BCUT2D eigenvalue weighted by Crippen LogP contribution is -2.15. The van der Waals surface area contributed by atoms with Crippen molar-refractivity contribution in [3.05, 3.63) is 30.0 Å². The molecule has 1 aliphatic rings. The number of phenols is 1. The average Bonchev–Trinajstić information content (AvgIpc) is 3.07. The van der Waals surface area contributed by atoms with E-state index in [0.29, 0.717) is 12.6 Å². The highest BCUT2D eigenvalue weighted by molar-refractivity contribution is 5.79. The maximum Gasteiger partial charge on any atom is 0.137 e. The van der Waals surface area contributed by atoms with Gasteiger partial charge in [0.2, 0.25) is 0 Å². The van der Waals surface area contributed by atoms with E-state index in [9.17, 15) is 5.11 Å². The molecular weight excluding hydrogens is 266 g/mol. The first-order valence-corrected chi connectivity index (χ1v) is 7.75. The Hall–Kier alpha value is -1.52. The van der Waals surface area contributed by atoms with E-state index in [0.717, 1.165) is 54.7 Å². The lowest BCUT2D eigenvalue weighted by atomic mass is 10.0. The summed E-state index contributed by atoms with van der Waals surface area (Å²) in [5, 5.41) is 11.0. The molecule has 0 bridgehead atoms. The van der Waals surface area contributed by atoms with E-state index in [1.165, 1.54) is 6.42 Å². The molecule has 4 heteroatoms. The molecule has 0 saturated heterocycles. The van der Waals surface area contributed by atoms with Gasteiger partial charge in [-0.05, 0) is 55.7 Å². The SMILES string of the molecule is NC1CCC(CCOCCc2cc3ccoc3cc2O)C1. The fourth-order valence-electron chi connectivity index (χ4n) is 3.16. The van der Waals surface area contributed by atoms with E-state index in [4.69, 9.17) is 14.9 Å². The summed E-state index contributed by atoms with van der Waals surface area (Å²) in [6, 6.07) is 5.94. The first-order chi connectivity index (χ1) is 10.2. The fourth-order valence-corrected chi connectivity index (χ4v) is 3.16. The number of aromatic hydroxyl groups is 1. The van der Waals surface area contributed by atoms with Crippen LogP contribution in [0.2, 0.25) is 0 Å². The Morgan fingerprint density at radius 3 is 3.00 bits per heavy atom. The van der Waals surface area contributed by atoms with E-state index in [-0.39, 0.29) is 5.75 Å². The van der Waals surface area contributed by atoms with Crippen LogP contribution >= 0.6 is 0 Å². The van der Waals surface area contributed by atoms with Gasteiger partial charge < -0.3 is 20.0 Å². The van der Waals surface area contributed by atoms with Gasteiger partial charge >= 0.3 is 0 Å². The molecule has 1 heterocycles. The quantitative estimate of drug-likeness (QED) is 0.801. The van der Waals surface area contributed by atoms with Crippen LogP contribution in [0.15, 0.2) is 28.9 Å². The molecule has 4 nitrogen and oxygen atoms in total. The molecule has 0 aliphatic heterocycles. The molecule has 1 aromatic carbocycles. The molecule has 3 rings (SSSR count).